The molecule has 1 aliphatic rings. The van der Waals surface area contributed by atoms with Crippen LogP contribution in [0.2, 0.25) is 0 Å². The number of aromatic nitrogens is 1. The predicted octanol–water partition coefficient (Wildman–Crippen LogP) is 5.92. The Balaban J connectivity index is 1.54. The number of nitrogens with one attached hydrogen (secondary N) is 1. The van der Waals surface area contributed by atoms with Gasteiger partial charge < -0.3 is 19.4 Å². The molecule has 160 valence electrons. The predicted molar refractivity (Wildman–Crippen MR) is 130 cm³/mol. The van der Waals surface area contributed by atoms with E-state index in [-0.39, 0.29) is 12.1 Å². The number of hydrogen-bond donors (Lipinski definition) is 1. The number of thiocarbonyl (C=S) groups is 1. The number of ether oxygens (including phenoxy) is 1. The lowest BCUT2D eigenvalue weighted by atomic mass is 10.0. The fourth-order valence-corrected chi connectivity index (χ4v) is 4.41. The minimum Gasteiger partial charge on any atom is -0.494 e. The number of pyridine rings is 1. The number of nitrogens with zero attached hydrogens (tertiary/aromatic N) is 2. The number of benzene rings is 2. The molecule has 0 spiro atoms. The number of rotatable bonds is 6. The lowest BCUT2D eigenvalue weighted by Crippen LogP contribution is -2.29. The van der Waals surface area contributed by atoms with Crippen molar-refractivity contribution in [2.24, 2.45) is 0 Å². The highest BCUT2D eigenvalue weighted by Crippen LogP contribution is 2.42. The van der Waals surface area contributed by atoms with Crippen LogP contribution in [0.25, 0.3) is 11.3 Å². The van der Waals surface area contributed by atoms with Crippen LogP contribution in [-0.2, 0) is 0 Å². The van der Waals surface area contributed by atoms with Crippen LogP contribution in [-0.4, -0.2) is 16.7 Å². The first-order valence-corrected chi connectivity index (χ1v) is 11.0. The van der Waals surface area contributed by atoms with Gasteiger partial charge in [0.05, 0.1) is 18.3 Å². The Bertz CT molecular complexity index is 1190. The molecule has 6 heteroatoms. The largest absolute Gasteiger partial charge is 0.494 e. The molecule has 5 rings (SSSR count). The topological polar surface area (TPSA) is 50.5 Å². The van der Waals surface area contributed by atoms with Crippen LogP contribution in [0.4, 0.5) is 5.69 Å². The highest BCUT2D eigenvalue weighted by Gasteiger charge is 2.42. The average molecular weight is 442 g/mol. The Labute approximate surface area is 192 Å². The molecule has 2 aromatic heterocycles. The van der Waals surface area contributed by atoms with E-state index in [0.717, 1.165) is 34.2 Å². The second-order valence-electron chi connectivity index (χ2n) is 7.49. The molecule has 1 fully saturated rings. The molecule has 3 heterocycles. The summed E-state index contributed by atoms with van der Waals surface area (Å²) in [7, 11) is 0. The van der Waals surface area contributed by atoms with E-state index >= 15 is 0 Å². The SMILES string of the molecule is CCOc1ccc(-c2ccc([C@H]3[C@H](c4ccccn4)NC(=S)N3c3ccccc3)o2)cc1. The molecule has 0 saturated carbocycles. The first kappa shape index (κ1) is 20.3. The molecule has 4 aromatic rings. The fraction of sp³-hybridized carbons (Fsp3) is 0.154. The molecule has 1 saturated heterocycles. The minimum atomic E-state index is -0.170. The summed E-state index contributed by atoms with van der Waals surface area (Å²) < 4.78 is 11.9. The quantitative estimate of drug-likeness (QED) is 0.375. The van der Waals surface area contributed by atoms with Crippen LogP contribution < -0.4 is 15.0 Å². The third kappa shape index (κ3) is 3.85. The molecule has 0 amide bonds. The molecule has 0 radical (unpaired) electrons. The zero-order valence-corrected chi connectivity index (χ0v) is 18.5. The maximum Gasteiger partial charge on any atom is 0.174 e. The second-order valence-corrected chi connectivity index (χ2v) is 7.88. The molecule has 2 aromatic carbocycles. The molecule has 2 atom stereocenters. The van der Waals surface area contributed by atoms with E-state index in [1.54, 1.807) is 6.20 Å². The highest BCUT2D eigenvalue weighted by atomic mass is 32.1. The summed E-state index contributed by atoms with van der Waals surface area (Å²) in [5.74, 6) is 2.47. The van der Waals surface area contributed by atoms with Gasteiger partial charge in [-0.3, -0.25) is 4.98 Å². The summed E-state index contributed by atoms with van der Waals surface area (Å²) in [6, 6.07) is 27.7. The van der Waals surface area contributed by atoms with E-state index in [0.29, 0.717) is 11.7 Å². The zero-order valence-electron chi connectivity index (χ0n) is 17.6. The molecular formula is C26H23N3O2S. The first-order chi connectivity index (χ1) is 15.7. The van der Waals surface area contributed by atoms with Gasteiger partial charge >= 0.3 is 0 Å². The number of para-hydroxylation sites is 1. The summed E-state index contributed by atoms with van der Waals surface area (Å²) in [4.78, 5) is 6.69. The van der Waals surface area contributed by atoms with Crippen LogP contribution in [0.1, 0.15) is 30.5 Å². The van der Waals surface area contributed by atoms with Crippen LogP contribution >= 0.6 is 12.2 Å². The van der Waals surface area contributed by atoms with E-state index in [2.05, 4.69) is 27.3 Å². The van der Waals surface area contributed by atoms with Gasteiger partial charge in [0.25, 0.3) is 0 Å². The molecule has 0 bridgehead atoms. The van der Waals surface area contributed by atoms with E-state index in [1.807, 2.05) is 79.7 Å². The molecule has 1 aliphatic heterocycles. The van der Waals surface area contributed by atoms with Crippen molar-refractivity contribution in [3.8, 4) is 17.1 Å². The number of anilines is 1. The van der Waals surface area contributed by atoms with E-state index in [1.165, 1.54) is 0 Å². The van der Waals surface area contributed by atoms with Gasteiger partial charge in [-0.15, -0.1) is 0 Å². The Morgan fingerprint density at radius 2 is 1.75 bits per heavy atom. The summed E-state index contributed by atoms with van der Waals surface area (Å²) >= 11 is 5.75. The third-order valence-corrected chi connectivity index (χ3v) is 5.82. The number of hydrogen-bond acceptors (Lipinski definition) is 4. The van der Waals surface area contributed by atoms with Gasteiger partial charge in [0.1, 0.15) is 23.3 Å². The van der Waals surface area contributed by atoms with E-state index in [9.17, 15) is 0 Å². The smallest absolute Gasteiger partial charge is 0.174 e. The fourth-order valence-electron chi connectivity index (χ4n) is 4.06. The molecule has 1 N–H and O–H groups in total. The van der Waals surface area contributed by atoms with Gasteiger partial charge in [-0.25, -0.2) is 0 Å². The van der Waals surface area contributed by atoms with Crippen LogP contribution in [0, 0.1) is 0 Å². The van der Waals surface area contributed by atoms with Crippen molar-refractivity contribution in [3.05, 3.63) is 103 Å². The molecular weight excluding hydrogens is 418 g/mol. The molecule has 0 aliphatic carbocycles. The second kappa shape index (κ2) is 8.85. The minimum absolute atomic E-state index is 0.136. The normalized spacial score (nSPS) is 17.9. The zero-order chi connectivity index (χ0) is 21.9. The van der Waals surface area contributed by atoms with Crippen molar-refractivity contribution >= 4 is 23.0 Å². The van der Waals surface area contributed by atoms with Crippen molar-refractivity contribution in [1.82, 2.24) is 10.3 Å². The van der Waals surface area contributed by atoms with Gasteiger partial charge in [-0.05, 0) is 79.8 Å². The Kier molecular flexibility index (Phi) is 5.60. The Hall–Kier alpha value is -3.64. The van der Waals surface area contributed by atoms with E-state index < -0.39 is 0 Å². The lowest BCUT2D eigenvalue weighted by Gasteiger charge is -2.26. The van der Waals surface area contributed by atoms with Gasteiger partial charge in [-0.1, -0.05) is 24.3 Å². The van der Waals surface area contributed by atoms with Crippen molar-refractivity contribution in [1.29, 1.82) is 0 Å². The third-order valence-electron chi connectivity index (χ3n) is 5.50. The molecule has 0 unspecified atom stereocenters. The van der Waals surface area contributed by atoms with Gasteiger partial charge in [0, 0.05) is 17.4 Å². The highest BCUT2D eigenvalue weighted by molar-refractivity contribution is 7.80. The van der Waals surface area contributed by atoms with Gasteiger partial charge in [-0.2, -0.15) is 0 Å². The van der Waals surface area contributed by atoms with Crippen molar-refractivity contribution in [2.45, 2.75) is 19.0 Å². The summed E-state index contributed by atoms with van der Waals surface area (Å²) in [5.41, 5.74) is 2.92. The van der Waals surface area contributed by atoms with Crippen LogP contribution in [0.3, 0.4) is 0 Å². The monoisotopic (exact) mass is 441 g/mol. The van der Waals surface area contributed by atoms with Crippen LogP contribution in [0.15, 0.2) is 95.5 Å². The lowest BCUT2D eigenvalue weighted by molar-refractivity contribution is 0.340. The maximum absolute atomic E-state index is 6.40. The van der Waals surface area contributed by atoms with E-state index in [4.69, 9.17) is 21.4 Å². The molecule has 5 nitrogen and oxygen atoms in total. The summed E-state index contributed by atoms with van der Waals surface area (Å²) in [5, 5.41) is 4.11. The van der Waals surface area contributed by atoms with Crippen molar-refractivity contribution in [3.63, 3.8) is 0 Å². The summed E-state index contributed by atoms with van der Waals surface area (Å²) in [6.07, 6.45) is 1.80. The average Bonchev–Trinajstić information content (AvgIpc) is 3.45. The first-order valence-electron chi connectivity index (χ1n) is 10.6. The Morgan fingerprint density at radius 3 is 2.47 bits per heavy atom. The van der Waals surface area contributed by atoms with Gasteiger partial charge in [0.2, 0.25) is 0 Å². The van der Waals surface area contributed by atoms with Crippen molar-refractivity contribution in [2.75, 3.05) is 11.5 Å². The molecule has 32 heavy (non-hydrogen) atoms. The standard InChI is InChI=1S/C26H23N3O2S/c1-2-30-20-13-11-18(12-14-20)22-15-16-23(31-22)25-24(21-10-6-7-17-27-21)28-26(32)29(25)19-8-4-3-5-9-19/h3-17,24-25H,2H2,1H3,(H,28,32)/t24-,25-/m0/s1. The Morgan fingerprint density at radius 1 is 0.969 bits per heavy atom. The number of furan rings is 1. The van der Waals surface area contributed by atoms with Gasteiger partial charge in [0.15, 0.2) is 5.11 Å². The maximum atomic E-state index is 6.40. The van der Waals surface area contributed by atoms with Crippen molar-refractivity contribution < 1.29 is 9.15 Å². The summed E-state index contributed by atoms with van der Waals surface area (Å²) in [6.45, 7) is 2.62. The van der Waals surface area contributed by atoms with Crippen LogP contribution in [0.5, 0.6) is 5.75 Å².